The molecule has 2 aliphatic heterocycles. The van der Waals surface area contributed by atoms with Gasteiger partial charge in [0.1, 0.15) is 5.25 Å². The number of nitrogens with zero attached hydrogens (tertiary/aromatic N) is 3. The van der Waals surface area contributed by atoms with Crippen LogP contribution in [0.4, 0.5) is 11.4 Å². The van der Waals surface area contributed by atoms with Gasteiger partial charge in [-0.1, -0.05) is 29.5 Å². The molecule has 0 saturated carbocycles. The summed E-state index contributed by atoms with van der Waals surface area (Å²) in [6.45, 7) is 8.26. The highest BCUT2D eigenvalue weighted by Gasteiger charge is 2.39. The van der Waals surface area contributed by atoms with Gasteiger partial charge in [-0.25, -0.2) is 4.99 Å². The van der Waals surface area contributed by atoms with E-state index < -0.39 is 5.25 Å². The monoisotopic (exact) mass is 508 g/mol. The SMILES string of the molecule is CC(=O)c1ccc(NC(=O)C[C@H]2SC(=Nc3ccc(C)cc3)N(CCCN3CCOCC3)C2=O)cc1. The number of amides is 2. The fourth-order valence-corrected chi connectivity index (χ4v) is 5.29. The maximum atomic E-state index is 13.3. The first kappa shape index (κ1) is 26.1. The average molecular weight is 509 g/mol. The third-order valence-corrected chi connectivity index (χ3v) is 7.36. The van der Waals surface area contributed by atoms with Crippen molar-refractivity contribution in [3.05, 3.63) is 59.7 Å². The number of anilines is 1. The summed E-state index contributed by atoms with van der Waals surface area (Å²) in [7, 11) is 0. The third-order valence-electron chi connectivity index (χ3n) is 6.18. The normalized spacial score (nSPS) is 19.6. The van der Waals surface area contributed by atoms with Crippen molar-refractivity contribution >= 4 is 45.9 Å². The summed E-state index contributed by atoms with van der Waals surface area (Å²) in [4.78, 5) is 46.4. The lowest BCUT2D eigenvalue weighted by atomic mass is 10.1. The maximum absolute atomic E-state index is 13.3. The Balaban J connectivity index is 1.41. The molecule has 9 heteroatoms. The van der Waals surface area contributed by atoms with Gasteiger partial charge < -0.3 is 10.1 Å². The second-order valence-corrected chi connectivity index (χ2v) is 10.2. The average Bonchev–Trinajstić information content (AvgIpc) is 3.15. The van der Waals surface area contributed by atoms with Crippen molar-refractivity contribution in [3.8, 4) is 0 Å². The molecule has 2 aromatic rings. The number of amidine groups is 1. The minimum atomic E-state index is -0.533. The van der Waals surface area contributed by atoms with Crippen molar-refractivity contribution in [1.82, 2.24) is 9.80 Å². The molecule has 0 unspecified atom stereocenters. The first-order valence-corrected chi connectivity index (χ1v) is 13.1. The van der Waals surface area contributed by atoms with Gasteiger partial charge in [-0.3, -0.25) is 24.2 Å². The lowest BCUT2D eigenvalue weighted by Gasteiger charge is -2.27. The first-order valence-electron chi connectivity index (χ1n) is 12.2. The Labute approximate surface area is 216 Å². The molecule has 2 amide bonds. The third kappa shape index (κ3) is 7.02. The standard InChI is InChI=1S/C27H32N4O4S/c1-19-4-8-23(9-5-19)29-27-31(13-3-12-30-14-16-35-17-15-30)26(34)24(36-27)18-25(33)28-22-10-6-21(7-11-22)20(2)32/h4-11,24H,3,12-18H2,1-2H3,(H,28,33)/t24-/m1/s1. The second-order valence-electron chi connectivity index (χ2n) is 9.02. The summed E-state index contributed by atoms with van der Waals surface area (Å²) in [5.41, 5.74) is 3.10. The van der Waals surface area contributed by atoms with Crippen LogP contribution in [0, 0.1) is 6.92 Å². The lowest BCUT2D eigenvalue weighted by Crippen LogP contribution is -2.39. The van der Waals surface area contributed by atoms with Crippen molar-refractivity contribution < 1.29 is 19.1 Å². The number of ketones is 1. The molecule has 0 radical (unpaired) electrons. The smallest absolute Gasteiger partial charge is 0.242 e. The van der Waals surface area contributed by atoms with Crippen LogP contribution in [0.25, 0.3) is 0 Å². The van der Waals surface area contributed by atoms with E-state index >= 15 is 0 Å². The number of nitrogens with one attached hydrogen (secondary N) is 1. The van der Waals surface area contributed by atoms with E-state index in [0.29, 0.717) is 23.0 Å². The molecule has 190 valence electrons. The van der Waals surface area contributed by atoms with E-state index in [1.165, 1.54) is 18.7 Å². The molecule has 0 aromatic heterocycles. The summed E-state index contributed by atoms with van der Waals surface area (Å²) < 4.78 is 5.42. The van der Waals surface area contributed by atoms with Crippen LogP contribution in [0.1, 0.15) is 35.7 Å². The minimum Gasteiger partial charge on any atom is -0.379 e. The Kier molecular flexibility index (Phi) is 8.90. The molecule has 2 saturated heterocycles. The second kappa shape index (κ2) is 12.3. The van der Waals surface area contributed by atoms with Gasteiger partial charge in [-0.15, -0.1) is 0 Å². The van der Waals surface area contributed by atoms with Gasteiger partial charge in [-0.05, 0) is 56.7 Å². The number of aryl methyl sites for hydroxylation is 1. The van der Waals surface area contributed by atoms with Crippen LogP contribution >= 0.6 is 11.8 Å². The number of carbonyl (C=O) groups is 3. The van der Waals surface area contributed by atoms with Crippen molar-refractivity contribution in [1.29, 1.82) is 0 Å². The highest BCUT2D eigenvalue weighted by molar-refractivity contribution is 8.15. The molecule has 1 N–H and O–H groups in total. The van der Waals surface area contributed by atoms with E-state index in [4.69, 9.17) is 9.73 Å². The number of rotatable bonds is 9. The number of morpholine rings is 1. The summed E-state index contributed by atoms with van der Waals surface area (Å²) in [5, 5.41) is 2.94. The number of aliphatic imine (C=N–C) groups is 1. The van der Waals surface area contributed by atoms with E-state index in [1.54, 1.807) is 29.2 Å². The highest BCUT2D eigenvalue weighted by Crippen LogP contribution is 2.32. The van der Waals surface area contributed by atoms with Crippen LogP contribution in [-0.4, -0.2) is 77.2 Å². The Morgan fingerprint density at radius 3 is 2.42 bits per heavy atom. The van der Waals surface area contributed by atoms with Crippen LogP contribution in [-0.2, 0) is 14.3 Å². The van der Waals surface area contributed by atoms with E-state index in [2.05, 4.69) is 10.2 Å². The van der Waals surface area contributed by atoms with Gasteiger partial charge in [0.25, 0.3) is 0 Å². The molecule has 0 spiro atoms. The molecule has 2 aromatic carbocycles. The zero-order valence-corrected chi connectivity index (χ0v) is 21.6. The molecule has 8 nitrogen and oxygen atoms in total. The molecule has 0 aliphatic carbocycles. The number of thioether (sulfide) groups is 1. The van der Waals surface area contributed by atoms with Crippen LogP contribution < -0.4 is 5.32 Å². The Bertz CT molecular complexity index is 1110. The maximum Gasteiger partial charge on any atom is 0.242 e. The van der Waals surface area contributed by atoms with Crippen LogP contribution in [0.15, 0.2) is 53.5 Å². The van der Waals surface area contributed by atoms with Gasteiger partial charge in [0, 0.05) is 43.9 Å². The van der Waals surface area contributed by atoms with E-state index in [-0.39, 0.29) is 24.0 Å². The molecule has 2 heterocycles. The number of benzene rings is 2. The fourth-order valence-electron chi connectivity index (χ4n) is 4.11. The molecule has 2 fully saturated rings. The number of carbonyl (C=O) groups excluding carboxylic acids is 3. The summed E-state index contributed by atoms with van der Waals surface area (Å²) in [6.07, 6.45) is 0.867. The molecule has 36 heavy (non-hydrogen) atoms. The number of hydrogen-bond donors (Lipinski definition) is 1. The van der Waals surface area contributed by atoms with Crippen molar-refractivity contribution in [2.24, 2.45) is 4.99 Å². The summed E-state index contributed by atoms with van der Waals surface area (Å²) in [6, 6.07) is 14.6. The largest absolute Gasteiger partial charge is 0.379 e. The summed E-state index contributed by atoms with van der Waals surface area (Å²) in [5.74, 6) is -0.369. The number of ether oxygens (including phenoxy) is 1. The van der Waals surface area contributed by atoms with E-state index in [0.717, 1.165) is 50.5 Å². The van der Waals surface area contributed by atoms with E-state index in [9.17, 15) is 14.4 Å². The Morgan fingerprint density at radius 2 is 1.75 bits per heavy atom. The molecule has 4 rings (SSSR count). The van der Waals surface area contributed by atoms with Gasteiger partial charge in [-0.2, -0.15) is 0 Å². The van der Waals surface area contributed by atoms with Gasteiger partial charge in [0.05, 0.1) is 18.9 Å². The van der Waals surface area contributed by atoms with Crippen molar-refractivity contribution in [2.75, 3.05) is 44.7 Å². The van der Waals surface area contributed by atoms with Gasteiger partial charge in [0.2, 0.25) is 11.8 Å². The minimum absolute atomic E-state index is 0.0325. The zero-order chi connectivity index (χ0) is 25.5. The van der Waals surface area contributed by atoms with Crippen LogP contribution in [0.3, 0.4) is 0 Å². The van der Waals surface area contributed by atoms with Gasteiger partial charge >= 0.3 is 0 Å². The fraction of sp³-hybridized carbons (Fsp3) is 0.407. The van der Waals surface area contributed by atoms with Crippen molar-refractivity contribution in [2.45, 2.75) is 31.9 Å². The van der Waals surface area contributed by atoms with Crippen LogP contribution in [0.2, 0.25) is 0 Å². The Morgan fingerprint density at radius 1 is 1.06 bits per heavy atom. The predicted molar refractivity (Wildman–Crippen MR) is 143 cm³/mol. The van der Waals surface area contributed by atoms with E-state index in [1.807, 2.05) is 31.2 Å². The highest BCUT2D eigenvalue weighted by atomic mass is 32.2. The zero-order valence-electron chi connectivity index (χ0n) is 20.7. The lowest BCUT2D eigenvalue weighted by molar-refractivity contribution is -0.128. The molecule has 0 bridgehead atoms. The molecular weight excluding hydrogens is 476 g/mol. The number of Topliss-reactive ketones (excluding diaryl/α,β-unsaturated/α-hetero) is 1. The molecule has 2 aliphatic rings. The first-order chi connectivity index (χ1) is 17.4. The summed E-state index contributed by atoms with van der Waals surface area (Å²) >= 11 is 1.34. The Hall–Kier alpha value is -3.01. The topological polar surface area (TPSA) is 91.3 Å². The van der Waals surface area contributed by atoms with Crippen molar-refractivity contribution in [3.63, 3.8) is 0 Å². The van der Waals surface area contributed by atoms with Gasteiger partial charge in [0.15, 0.2) is 11.0 Å². The quantitative estimate of drug-likeness (QED) is 0.517. The predicted octanol–water partition coefficient (Wildman–Crippen LogP) is 3.88. The molecule has 1 atom stereocenters. The molecular formula is C27H32N4O4S. The number of hydrogen-bond acceptors (Lipinski definition) is 7. The van der Waals surface area contributed by atoms with Crippen LogP contribution in [0.5, 0.6) is 0 Å².